The number of benzene rings is 2. The highest BCUT2D eigenvalue weighted by Gasteiger charge is 2.08. The molecule has 0 aliphatic rings. The van der Waals surface area contributed by atoms with Gasteiger partial charge in [-0.3, -0.25) is 0 Å². The number of hydrogen-bond acceptors (Lipinski definition) is 5. The Kier molecular flexibility index (Phi) is 5.08. The van der Waals surface area contributed by atoms with E-state index >= 15 is 0 Å². The van der Waals surface area contributed by atoms with Gasteiger partial charge in [-0.25, -0.2) is 4.39 Å². The van der Waals surface area contributed by atoms with Crippen LogP contribution in [0.1, 0.15) is 11.5 Å². The Morgan fingerprint density at radius 2 is 1.88 bits per heavy atom. The lowest BCUT2D eigenvalue weighted by molar-refractivity contribution is 0.112. The van der Waals surface area contributed by atoms with Crippen LogP contribution in [-0.2, 0) is 11.4 Å². The van der Waals surface area contributed by atoms with Gasteiger partial charge in [0.1, 0.15) is 5.82 Å². The molecule has 5 nitrogen and oxygen atoms in total. The van der Waals surface area contributed by atoms with Crippen molar-refractivity contribution in [2.45, 2.75) is 6.61 Å². The van der Waals surface area contributed by atoms with Crippen molar-refractivity contribution in [2.24, 2.45) is 5.16 Å². The summed E-state index contributed by atoms with van der Waals surface area (Å²) >= 11 is 11.7. The van der Waals surface area contributed by atoms with Crippen molar-refractivity contribution in [2.75, 3.05) is 0 Å². The van der Waals surface area contributed by atoms with Crippen LogP contribution in [-0.4, -0.2) is 16.4 Å². The van der Waals surface area contributed by atoms with E-state index in [1.54, 1.807) is 30.3 Å². The second-order valence-electron chi connectivity index (χ2n) is 4.69. The Hall–Kier alpha value is -2.44. The van der Waals surface area contributed by atoms with Crippen molar-refractivity contribution in [3.63, 3.8) is 0 Å². The molecule has 3 aromatic rings. The Morgan fingerprint density at radius 3 is 2.62 bits per heavy atom. The summed E-state index contributed by atoms with van der Waals surface area (Å²) in [6, 6.07) is 10.8. The highest BCUT2D eigenvalue weighted by atomic mass is 35.5. The first-order valence-corrected chi connectivity index (χ1v) is 7.56. The standard InChI is InChI=1S/C16H10Cl2FN3O2/c17-13-6-1-10(7-14(13)18)8-20-23-9-15-21-22-16(24-15)11-2-4-12(19)5-3-11/h1-8H,9H2/b20-8+. The van der Waals surface area contributed by atoms with Crippen molar-refractivity contribution < 1.29 is 13.6 Å². The summed E-state index contributed by atoms with van der Waals surface area (Å²) in [6.07, 6.45) is 1.49. The Bertz CT molecular complexity index is 866. The third kappa shape index (κ3) is 4.10. The monoisotopic (exact) mass is 365 g/mol. The third-order valence-electron chi connectivity index (χ3n) is 2.97. The van der Waals surface area contributed by atoms with E-state index < -0.39 is 0 Å². The van der Waals surface area contributed by atoms with Gasteiger partial charge < -0.3 is 9.25 Å². The predicted octanol–water partition coefficient (Wildman–Crippen LogP) is 4.73. The number of aromatic nitrogens is 2. The maximum atomic E-state index is 12.9. The first-order valence-electron chi connectivity index (χ1n) is 6.80. The van der Waals surface area contributed by atoms with Crippen LogP contribution in [0, 0.1) is 5.82 Å². The number of nitrogens with zero attached hydrogens (tertiary/aromatic N) is 3. The molecule has 0 N–H and O–H groups in total. The van der Waals surface area contributed by atoms with Crippen LogP contribution in [0.25, 0.3) is 11.5 Å². The maximum absolute atomic E-state index is 12.9. The van der Waals surface area contributed by atoms with Gasteiger partial charge in [-0.1, -0.05) is 34.4 Å². The molecule has 0 fully saturated rings. The molecule has 0 unspecified atom stereocenters. The molecule has 8 heteroatoms. The zero-order valence-corrected chi connectivity index (χ0v) is 13.6. The van der Waals surface area contributed by atoms with Crippen molar-refractivity contribution in [3.05, 3.63) is 69.8 Å². The normalized spacial score (nSPS) is 11.1. The van der Waals surface area contributed by atoms with Gasteiger partial charge in [0, 0.05) is 5.56 Å². The summed E-state index contributed by atoms with van der Waals surface area (Å²) in [4.78, 5) is 5.10. The van der Waals surface area contributed by atoms with E-state index in [1.807, 2.05) is 0 Å². The fourth-order valence-corrected chi connectivity index (χ4v) is 2.11. The van der Waals surface area contributed by atoms with Gasteiger partial charge in [0.05, 0.1) is 16.3 Å². The van der Waals surface area contributed by atoms with E-state index in [2.05, 4.69) is 15.4 Å². The molecular weight excluding hydrogens is 356 g/mol. The average Bonchev–Trinajstić information content (AvgIpc) is 3.04. The van der Waals surface area contributed by atoms with Crippen LogP contribution < -0.4 is 0 Å². The molecule has 122 valence electrons. The molecule has 24 heavy (non-hydrogen) atoms. The van der Waals surface area contributed by atoms with Crippen molar-refractivity contribution >= 4 is 29.4 Å². The SMILES string of the molecule is Fc1ccc(-c2nnc(CO/N=C/c3ccc(Cl)c(Cl)c3)o2)cc1. The molecule has 1 aromatic heterocycles. The summed E-state index contributed by atoms with van der Waals surface area (Å²) in [6.45, 7) is 0.00597. The molecule has 0 aliphatic heterocycles. The van der Waals surface area contributed by atoms with Gasteiger partial charge in [0.15, 0.2) is 6.61 Å². The van der Waals surface area contributed by atoms with Crippen LogP contribution >= 0.6 is 23.2 Å². The van der Waals surface area contributed by atoms with E-state index in [9.17, 15) is 4.39 Å². The number of hydrogen-bond donors (Lipinski definition) is 0. The summed E-state index contributed by atoms with van der Waals surface area (Å²) in [5, 5.41) is 12.4. The van der Waals surface area contributed by atoms with Crippen LogP contribution in [0.3, 0.4) is 0 Å². The molecule has 0 aliphatic carbocycles. The van der Waals surface area contributed by atoms with E-state index in [1.165, 1.54) is 18.3 Å². The molecule has 0 saturated heterocycles. The number of halogens is 3. The molecule has 0 bridgehead atoms. The van der Waals surface area contributed by atoms with Gasteiger partial charge in [-0.15, -0.1) is 10.2 Å². The lowest BCUT2D eigenvalue weighted by Gasteiger charge is -1.97. The Balaban J connectivity index is 1.58. The fraction of sp³-hybridized carbons (Fsp3) is 0.0625. The predicted molar refractivity (Wildman–Crippen MR) is 88.5 cm³/mol. The lowest BCUT2D eigenvalue weighted by atomic mass is 10.2. The molecule has 3 rings (SSSR count). The minimum absolute atomic E-state index is 0.00597. The Morgan fingerprint density at radius 1 is 1.08 bits per heavy atom. The second kappa shape index (κ2) is 7.42. The number of oxime groups is 1. The summed E-state index contributed by atoms with van der Waals surface area (Å²) < 4.78 is 18.3. The van der Waals surface area contributed by atoms with Gasteiger partial charge in [-0.2, -0.15) is 0 Å². The van der Waals surface area contributed by atoms with Gasteiger partial charge in [0.25, 0.3) is 5.89 Å². The maximum Gasteiger partial charge on any atom is 0.257 e. The van der Waals surface area contributed by atoms with Gasteiger partial charge in [0.2, 0.25) is 5.89 Å². The van der Waals surface area contributed by atoms with Gasteiger partial charge in [-0.05, 0) is 42.0 Å². The lowest BCUT2D eigenvalue weighted by Crippen LogP contribution is -1.88. The summed E-state index contributed by atoms with van der Waals surface area (Å²) in [5.41, 5.74) is 1.36. The molecular formula is C16H10Cl2FN3O2. The molecule has 2 aromatic carbocycles. The topological polar surface area (TPSA) is 60.5 Å². The van der Waals surface area contributed by atoms with Gasteiger partial charge >= 0.3 is 0 Å². The highest BCUT2D eigenvalue weighted by Crippen LogP contribution is 2.22. The quantitative estimate of drug-likeness (QED) is 0.484. The van der Waals surface area contributed by atoms with E-state index in [4.69, 9.17) is 32.5 Å². The molecule has 1 heterocycles. The average molecular weight is 366 g/mol. The van der Waals surface area contributed by atoms with Crippen molar-refractivity contribution in [3.8, 4) is 11.5 Å². The third-order valence-corrected chi connectivity index (χ3v) is 3.71. The van der Waals surface area contributed by atoms with Crippen molar-refractivity contribution in [1.29, 1.82) is 0 Å². The smallest absolute Gasteiger partial charge is 0.257 e. The largest absolute Gasteiger partial charge is 0.417 e. The summed E-state index contributed by atoms with van der Waals surface area (Å²) in [5.74, 6) is 0.195. The van der Waals surface area contributed by atoms with E-state index in [0.29, 0.717) is 15.6 Å². The first-order chi connectivity index (χ1) is 11.6. The Labute approximate surface area is 146 Å². The number of rotatable bonds is 5. The fourth-order valence-electron chi connectivity index (χ4n) is 1.80. The molecule has 0 amide bonds. The highest BCUT2D eigenvalue weighted by molar-refractivity contribution is 6.42. The minimum atomic E-state index is -0.335. The first kappa shape index (κ1) is 16.4. The van der Waals surface area contributed by atoms with Crippen LogP contribution in [0.15, 0.2) is 52.0 Å². The van der Waals surface area contributed by atoms with Crippen LogP contribution in [0.2, 0.25) is 10.0 Å². The van der Waals surface area contributed by atoms with Crippen LogP contribution in [0.5, 0.6) is 0 Å². The van der Waals surface area contributed by atoms with Crippen molar-refractivity contribution in [1.82, 2.24) is 10.2 Å². The molecule has 0 saturated carbocycles. The van der Waals surface area contributed by atoms with E-state index in [-0.39, 0.29) is 24.2 Å². The summed E-state index contributed by atoms with van der Waals surface area (Å²) in [7, 11) is 0. The van der Waals surface area contributed by atoms with E-state index in [0.717, 1.165) is 5.56 Å². The minimum Gasteiger partial charge on any atom is -0.417 e. The molecule has 0 atom stereocenters. The molecule has 0 spiro atoms. The second-order valence-corrected chi connectivity index (χ2v) is 5.50. The molecule has 0 radical (unpaired) electrons. The van der Waals surface area contributed by atoms with Crippen LogP contribution in [0.4, 0.5) is 4.39 Å². The zero-order chi connectivity index (χ0) is 16.9. The zero-order valence-electron chi connectivity index (χ0n) is 12.1.